The van der Waals surface area contributed by atoms with Crippen LogP contribution in [0, 0.1) is 0 Å². The molecule has 0 aliphatic rings. The summed E-state index contributed by atoms with van der Waals surface area (Å²) < 4.78 is 11.2. The fourth-order valence-corrected chi connectivity index (χ4v) is 1.86. The number of hydrogen-bond donors (Lipinski definition) is 2. The van der Waals surface area contributed by atoms with Crippen molar-refractivity contribution in [2.24, 2.45) is 0 Å². The number of rotatable bonds is 10. The van der Waals surface area contributed by atoms with E-state index in [0.717, 1.165) is 5.56 Å². The average molecular weight is 280 g/mol. The fourth-order valence-electron chi connectivity index (χ4n) is 1.86. The van der Waals surface area contributed by atoms with Gasteiger partial charge in [-0.2, -0.15) is 0 Å². The van der Waals surface area contributed by atoms with Gasteiger partial charge in [0.1, 0.15) is 5.60 Å². The third kappa shape index (κ3) is 5.84. The molecule has 0 fully saturated rings. The van der Waals surface area contributed by atoms with Gasteiger partial charge in [-0.25, -0.2) is 0 Å². The third-order valence-electron chi connectivity index (χ3n) is 2.96. The van der Waals surface area contributed by atoms with Gasteiger partial charge in [-0.15, -0.1) is 6.58 Å². The first kappa shape index (κ1) is 16.9. The molecule has 0 aliphatic carbocycles. The van der Waals surface area contributed by atoms with Crippen LogP contribution in [-0.2, 0) is 16.1 Å². The number of aliphatic hydroxyl groups is 2. The van der Waals surface area contributed by atoms with E-state index >= 15 is 0 Å². The minimum atomic E-state index is -1.15. The highest BCUT2D eigenvalue weighted by Crippen LogP contribution is 2.22. The van der Waals surface area contributed by atoms with Gasteiger partial charge in [-0.05, 0) is 25.3 Å². The van der Waals surface area contributed by atoms with Crippen LogP contribution in [0.1, 0.15) is 25.3 Å². The van der Waals surface area contributed by atoms with Crippen molar-refractivity contribution in [2.75, 3.05) is 13.2 Å². The molecule has 0 spiro atoms. The first-order valence-electron chi connectivity index (χ1n) is 6.81. The maximum Gasteiger partial charge on any atom is 0.186 e. The Morgan fingerprint density at radius 2 is 2.00 bits per heavy atom. The van der Waals surface area contributed by atoms with Crippen LogP contribution in [0.4, 0.5) is 0 Å². The molecule has 1 aromatic carbocycles. The molecule has 0 aliphatic heterocycles. The van der Waals surface area contributed by atoms with Crippen molar-refractivity contribution < 1.29 is 19.7 Å². The molecule has 0 radical (unpaired) electrons. The zero-order chi connectivity index (χ0) is 14.8. The lowest BCUT2D eigenvalue weighted by Crippen LogP contribution is -2.43. The van der Waals surface area contributed by atoms with Gasteiger partial charge < -0.3 is 19.7 Å². The maximum absolute atomic E-state index is 10.4. The summed E-state index contributed by atoms with van der Waals surface area (Å²) in [7, 11) is 0. The second kappa shape index (κ2) is 8.87. The van der Waals surface area contributed by atoms with Gasteiger partial charge in [0.2, 0.25) is 0 Å². The molecular weight excluding hydrogens is 256 g/mol. The van der Waals surface area contributed by atoms with E-state index in [1.165, 1.54) is 0 Å². The quantitative estimate of drug-likeness (QED) is 0.510. The topological polar surface area (TPSA) is 58.9 Å². The van der Waals surface area contributed by atoms with Crippen LogP contribution < -0.4 is 0 Å². The molecule has 4 nitrogen and oxygen atoms in total. The minimum Gasteiger partial charge on any atom is -0.396 e. The van der Waals surface area contributed by atoms with Crippen LogP contribution in [0.5, 0.6) is 0 Å². The van der Waals surface area contributed by atoms with E-state index in [9.17, 15) is 5.11 Å². The highest BCUT2D eigenvalue weighted by atomic mass is 16.7. The molecule has 1 aromatic rings. The van der Waals surface area contributed by atoms with Gasteiger partial charge in [-0.1, -0.05) is 36.4 Å². The number of hydrogen-bond acceptors (Lipinski definition) is 4. The van der Waals surface area contributed by atoms with Crippen molar-refractivity contribution in [2.45, 2.75) is 38.3 Å². The zero-order valence-corrected chi connectivity index (χ0v) is 12.0. The van der Waals surface area contributed by atoms with Crippen LogP contribution in [0.2, 0.25) is 0 Å². The van der Waals surface area contributed by atoms with Crippen molar-refractivity contribution in [1.29, 1.82) is 0 Å². The van der Waals surface area contributed by atoms with E-state index < -0.39 is 11.9 Å². The Balaban J connectivity index is 2.60. The van der Waals surface area contributed by atoms with Gasteiger partial charge in [0.15, 0.2) is 6.29 Å². The predicted octanol–water partition coefficient (Wildman–Crippen LogP) is 2.26. The summed E-state index contributed by atoms with van der Waals surface area (Å²) in [6.07, 6.45) is 1.75. The number of benzene rings is 1. The molecule has 1 rings (SSSR count). The Labute approximate surface area is 120 Å². The van der Waals surface area contributed by atoms with Crippen LogP contribution in [0.15, 0.2) is 43.0 Å². The van der Waals surface area contributed by atoms with Crippen molar-refractivity contribution in [3.63, 3.8) is 0 Å². The van der Waals surface area contributed by atoms with E-state index in [2.05, 4.69) is 6.58 Å². The van der Waals surface area contributed by atoms with Crippen LogP contribution in [-0.4, -0.2) is 35.3 Å². The normalized spacial score (nSPS) is 15.6. The van der Waals surface area contributed by atoms with Crippen molar-refractivity contribution in [3.05, 3.63) is 48.6 Å². The highest BCUT2D eigenvalue weighted by molar-refractivity contribution is 5.13. The van der Waals surface area contributed by atoms with E-state index in [0.29, 0.717) is 26.1 Å². The fraction of sp³-hybridized carbons (Fsp3) is 0.500. The van der Waals surface area contributed by atoms with E-state index in [4.69, 9.17) is 14.6 Å². The van der Waals surface area contributed by atoms with Crippen molar-refractivity contribution >= 4 is 0 Å². The summed E-state index contributed by atoms with van der Waals surface area (Å²) in [5, 5.41) is 19.3. The maximum atomic E-state index is 10.4. The Morgan fingerprint density at radius 3 is 2.60 bits per heavy atom. The average Bonchev–Trinajstić information content (AvgIpc) is 2.46. The Morgan fingerprint density at radius 1 is 1.30 bits per heavy atom. The molecule has 0 aromatic heterocycles. The molecule has 0 bridgehead atoms. The molecule has 4 heteroatoms. The lowest BCUT2D eigenvalue weighted by atomic mass is 9.99. The van der Waals surface area contributed by atoms with E-state index in [1.807, 2.05) is 30.3 Å². The lowest BCUT2D eigenvalue weighted by Gasteiger charge is -2.32. The molecule has 0 heterocycles. The molecule has 0 saturated carbocycles. The van der Waals surface area contributed by atoms with Crippen molar-refractivity contribution in [3.8, 4) is 0 Å². The molecule has 0 amide bonds. The Kier molecular flexibility index (Phi) is 7.47. The Hall–Kier alpha value is -1.20. The van der Waals surface area contributed by atoms with E-state index in [-0.39, 0.29) is 6.61 Å². The third-order valence-corrected chi connectivity index (χ3v) is 2.96. The smallest absolute Gasteiger partial charge is 0.186 e. The van der Waals surface area contributed by atoms with Crippen molar-refractivity contribution in [1.82, 2.24) is 0 Å². The second-order valence-electron chi connectivity index (χ2n) is 4.93. The minimum absolute atomic E-state index is 0.0308. The van der Waals surface area contributed by atoms with Gasteiger partial charge >= 0.3 is 0 Å². The molecular formula is C16H24O4. The number of aliphatic hydroxyl groups excluding tert-OH is 1. The summed E-state index contributed by atoms with van der Waals surface area (Å²) in [5.41, 5.74) is -0.141. The number of ether oxygens (including phenoxy) is 2. The molecule has 2 N–H and O–H groups in total. The van der Waals surface area contributed by atoms with Crippen LogP contribution in [0.3, 0.4) is 0 Å². The van der Waals surface area contributed by atoms with Crippen LogP contribution in [0.25, 0.3) is 0 Å². The summed E-state index contributed by atoms with van der Waals surface area (Å²) in [5.74, 6) is 0. The first-order valence-corrected chi connectivity index (χ1v) is 6.81. The molecule has 2 atom stereocenters. The first-order chi connectivity index (χ1) is 9.60. The summed E-state index contributed by atoms with van der Waals surface area (Å²) in [6, 6.07) is 9.71. The predicted molar refractivity (Wildman–Crippen MR) is 78.1 cm³/mol. The van der Waals surface area contributed by atoms with E-state index in [1.54, 1.807) is 13.0 Å². The highest BCUT2D eigenvalue weighted by Gasteiger charge is 2.33. The standard InChI is InChI=1S/C16H24O4/c1-3-12-19-15(16(2,18)10-7-11-17)20-13-14-8-5-4-6-9-14/h3-6,8-9,15,17-18H,1,7,10-13H2,2H3. The van der Waals surface area contributed by atoms with Gasteiger partial charge in [0, 0.05) is 6.61 Å². The van der Waals surface area contributed by atoms with Gasteiger partial charge in [-0.3, -0.25) is 0 Å². The van der Waals surface area contributed by atoms with Gasteiger partial charge in [0.05, 0.1) is 13.2 Å². The van der Waals surface area contributed by atoms with Gasteiger partial charge in [0.25, 0.3) is 0 Å². The second-order valence-corrected chi connectivity index (χ2v) is 4.93. The summed E-state index contributed by atoms with van der Waals surface area (Å²) in [4.78, 5) is 0. The SMILES string of the molecule is C=CCOC(OCc1ccccc1)C(C)(O)CCCO. The monoisotopic (exact) mass is 280 g/mol. The lowest BCUT2D eigenvalue weighted by molar-refractivity contribution is -0.235. The van der Waals surface area contributed by atoms with Crippen LogP contribution >= 0.6 is 0 Å². The molecule has 112 valence electrons. The molecule has 0 saturated heterocycles. The zero-order valence-electron chi connectivity index (χ0n) is 12.0. The summed E-state index contributed by atoms with van der Waals surface area (Å²) in [6.45, 7) is 5.94. The molecule has 2 unspecified atom stereocenters. The Bertz CT molecular complexity index is 375. The molecule has 20 heavy (non-hydrogen) atoms. The summed E-state index contributed by atoms with van der Waals surface area (Å²) >= 11 is 0. The largest absolute Gasteiger partial charge is 0.396 e.